The van der Waals surface area contributed by atoms with Gasteiger partial charge in [-0.3, -0.25) is 9.10 Å². The van der Waals surface area contributed by atoms with Crippen LogP contribution in [0.2, 0.25) is 0 Å². The zero-order chi connectivity index (χ0) is 19.2. The Morgan fingerprint density at radius 2 is 1.59 bits per heavy atom. The van der Waals surface area contributed by atoms with Gasteiger partial charge in [-0.25, -0.2) is 0 Å². The lowest BCUT2D eigenvalue weighted by Crippen LogP contribution is -2.15. The smallest absolute Gasteiger partial charge is 0.228 e. The van der Waals surface area contributed by atoms with E-state index in [0.717, 1.165) is 27.3 Å². The number of hydrogen-bond acceptors (Lipinski definition) is 3. The van der Waals surface area contributed by atoms with Crippen LogP contribution in [-0.4, -0.2) is 24.3 Å². The lowest BCUT2D eigenvalue weighted by molar-refractivity contribution is -0.115. The van der Waals surface area contributed by atoms with Gasteiger partial charge in [0, 0.05) is 10.6 Å². The van der Waals surface area contributed by atoms with Crippen molar-refractivity contribution >= 4 is 23.5 Å². The van der Waals surface area contributed by atoms with Crippen molar-refractivity contribution in [1.29, 1.82) is 0 Å². The van der Waals surface area contributed by atoms with Crippen molar-refractivity contribution in [2.75, 3.05) is 19.4 Å². The summed E-state index contributed by atoms with van der Waals surface area (Å²) >= 11 is 1.63. The van der Waals surface area contributed by atoms with Crippen LogP contribution in [0, 0.1) is 6.92 Å². The van der Waals surface area contributed by atoms with E-state index in [1.165, 1.54) is 5.56 Å². The SMILES string of the molecule is Cc1ccc(SN(C)C)cc1NC(=O)Cc1ccc(-c2ccccc2)cc1. The van der Waals surface area contributed by atoms with E-state index in [0.29, 0.717) is 6.42 Å². The molecular weight excluding hydrogens is 352 g/mol. The molecule has 0 bridgehead atoms. The average Bonchev–Trinajstić information content (AvgIpc) is 2.65. The molecule has 0 radical (unpaired) electrons. The van der Waals surface area contributed by atoms with Crippen molar-refractivity contribution < 1.29 is 4.79 Å². The lowest BCUT2D eigenvalue weighted by Gasteiger charge is -2.13. The van der Waals surface area contributed by atoms with Crippen molar-refractivity contribution in [3.63, 3.8) is 0 Å². The molecule has 27 heavy (non-hydrogen) atoms. The third-order valence-electron chi connectivity index (χ3n) is 4.20. The lowest BCUT2D eigenvalue weighted by atomic mass is 10.0. The van der Waals surface area contributed by atoms with Crippen molar-refractivity contribution in [3.8, 4) is 11.1 Å². The maximum absolute atomic E-state index is 12.5. The minimum atomic E-state index is -0.00226. The summed E-state index contributed by atoms with van der Waals surface area (Å²) in [5.74, 6) is -0.00226. The minimum Gasteiger partial charge on any atom is -0.326 e. The number of anilines is 1. The molecule has 3 aromatic carbocycles. The molecule has 3 aromatic rings. The van der Waals surface area contributed by atoms with Crippen LogP contribution in [0.25, 0.3) is 11.1 Å². The highest BCUT2D eigenvalue weighted by Crippen LogP contribution is 2.26. The standard InChI is InChI=1S/C23H24N2OS/c1-17-9-14-21(27-25(2)3)16-22(17)24-23(26)15-18-10-12-20(13-11-18)19-7-5-4-6-8-19/h4-14,16H,15H2,1-3H3,(H,24,26). The molecule has 0 heterocycles. The van der Waals surface area contributed by atoms with Crippen molar-refractivity contribution in [3.05, 3.63) is 83.9 Å². The minimum absolute atomic E-state index is 0.00226. The Labute approximate surface area is 165 Å². The molecule has 0 fully saturated rings. The van der Waals surface area contributed by atoms with Gasteiger partial charge in [0.2, 0.25) is 5.91 Å². The number of benzene rings is 3. The summed E-state index contributed by atoms with van der Waals surface area (Å²) in [4.78, 5) is 13.6. The molecule has 0 aliphatic rings. The molecule has 0 spiro atoms. The quantitative estimate of drug-likeness (QED) is 0.584. The van der Waals surface area contributed by atoms with Crippen LogP contribution >= 0.6 is 11.9 Å². The van der Waals surface area contributed by atoms with Crippen LogP contribution in [0.3, 0.4) is 0 Å². The highest BCUT2D eigenvalue weighted by atomic mass is 32.2. The van der Waals surface area contributed by atoms with E-state index in [4.69, 9.17) is 0 Å². The monoisotopic (exact) mass is 376 g/mol. The number of nitrogens with zero attached hydrogens (tertiary/aromatic N) is 1. The second-order valence-electron chi connectivity index (χ2n) is 6.67. The fraction of sp³-hybridized carbons (Fsp3) is 0.174. The van der Waals surface area contributed by atoms with Gasteiger partial charge in [0.1, 0.15) is 0 Å². The number of aryl methyl sites for hydroxylation is 1. The van der Waals surface area contributed by atoms with Gasteiger partial charge < -0.3 is 5.32 Å². The molecule has 0 unspecified atom stereocenters. The molecule has 3 nitrogen and oxygen atoms in total. The third-order valence-corrected chi connectivity index (χ3v) is 5.03. The molecule has 3 rings (SSSR count). The highest BCUT2D eigenvalue weighted by molar-refractivity contribution is 7.97. The van der Waals surface area contributed by atoms with Crippen molar-refractivity contribution in [2.45, 2.75) is 18.2 Å². The second kappa shape index (κ2) is 8.89. The first-order valence-corrected chi connectivity index (χ1v) is 9.69. The third kappa shape index (κ3) is 5.46. The number of nitrogens with one attached hydrogen (secondary N) is 1. The van der Waals surface area contributed by atoms with E-state index < -0.39 is 0 Å². The second-order valence-corrected chi connectivity index (χ2v) is 8.05. The molecule has 138 valence electrons. The van der Waals surface area contributed by atoms with Gasteiger partial charge >= 0.3 is 0 Å². The predicted octanol–water partition coefficient (Wildman–Crippen LogP) is 5.41. The molecule has 0 aliphatic heterocycles. The van der Waals surface area contributed by atoms with Crippen LogP contribution in [0.4, 0.5) is 5.69 Å². The summed E-state index contributed by atoms with van der Waals surface area (Å²) in [5, 5.41) is 3.05. The van der Waals surface area contributed by atoms with Crippen molar-refractivity contribution in [2.24, 2.45) is 0 Å². The Hall–Kier alpha value is -2.56. The molecule has 0 saturated carbocycles. The Morgan fingerprint density at radius 1 is 0.926 bits per heavy atom. The van der Waals surface area contributed by atoms with E-state index >= 15 is 0 Å². The summed E-state index contributed by atoms with van der Waals surface area (Å²) in [6.07, 6.45) is 0.361. The Morgan fingerprint density at radius 3 is 2.26 bits per heavy atom. The fourth-order valence-corrected chi connectivity index (χ4v) is 3.55. The van der Waals surface area contributed by atoms with E-state index in [2.05, 4.69) is 35.6 Å². The van der Waals surface area contributed by atoms with Gasteiger partial charge in [-0.2, -0.15) is 0 Å². The normalized spacial score (nSPS) is 10.8. The zero-order valence-corrected chi connectivity index (χ0v) is 16.7. The molecule has 1 amide bonds. The molecule has 0 aromatic heterocycles. The predicted molar refractivity (Wildman–Crippen MR) is 115 cm³/mol. The average molecular weight is 377 g/mol. The van der Waals surface area contributed by atoms with Crippen LogP contribution < -0.4 is 5.32 Å². The highest BCUT2D eigenvalue weighted by Gasteiger charge is 2.08. The van der Waals surface area contributed by atoms with Crippen LogP contribution in [-0.2, 0) is 11.2 Å². The van der Waals surface area contributed by atoms with Gasteiger partial charge in [-0.1, -0.05) is 60.7 Å². The first kappa shape index (κ1) is 19.2. The van der Waals surface area contributed by atoms with E-state index in [-0.39, 0.29) is 5.91 Å². The molecule has 0 atom stereocenters. The number of carbonyl (C=O) groups excluding carboxylic acids is 1. The first-order chi connectivity index (χ1) is 13.0. The molecule has 1 N–H and O–H groups in total. The van der Waals surface area contributed by atoms with Crippen LogP contribution in [0.5, 0.6) is 0 Å². The summed E-state index contributed by atoms with van der Waals surface area (Å²) in [5.41, 5.74) is 5.27. The maximum Gasteiger partial charge on any atom is 0.228 e. The van der Waals surface area contributed by atoms with Crippen LogP contribution in [0.15, 0.2) is 77.7 Å². The molecular formula is C23H24N2OS. The molecule has 0 saturated heterocycles. The first-order valence-electron chi connectivity index (χ1n) is 8.91. The maximum atomic E-state index is 12.5. The van der Waals surface area contributed by atoms with Crippen LogP contribution in [0.1, 0.15) is 11.1 Å². The van der Waals surface area contributed by atoms with E-state index in [1.807, 2.05) is 67.8 Å². The fourth-order valence-electron chi connectivity index (χ4n) is 2.83. The van der Waals surface area contributed by atoms with E-state index in [9.17, 15) is 4.79 Å². The zero-order valence-electron chi connectivity index (χ0n) is 15.9. The number of carbonyl (C=O) groups is 1. The largest absolute Gasteiger partial charge is 0.326 e. The van der Waals surface area contributed by atoms with E-state index in [1.54, 1.807) is 11.9 Å². The van der Waals surface area contributed by atoms with Gasteiger partial charge in [0.15, 0.2) is 0 Å². The molecule has 0 aliphatic carbocycles. The van der Waals surface area contributed by atoms with Crippen molar-refractivity contribution in [1.82, 2.24) is 4.31 Å². The summed E-state index contributed by atoms with van der Waals surface area (Å²) in [6.45, 7) is 2.01. The number of amides is 1. The summed E-state index contributed by atoms with van der Waals surface area (Å²) in [6, 6.07) is 24.5. The Bertz CT molecular complexity index is 905. The summed E-state index contributed by atoms with van der Waals surface area (Å²) < 4.78 is 2.03. The number of hydrogen-bond donors (Lipinski definition) is 1. The van der Waals surface area contributed by atoms with Gasteiger partial charge in [-0.15, -0.1) is 0 Å². The number of rotatable bonds is 6. The Kier molecular flexibility index (Phi) is 6.32. The molecule has 4 heteroatoms. The van der Waals surface area contributed by atoms with Gasteiger partial charge in [0.25, 0.3) is 0 Å². The topological polar surface area (TPSA) is 32.3 Å². The Balaban J connectivity index is 1.66. The van der Waals surface area contributed by atoms with Gasteiger partial charge in [-0.05, 0) is 67.4 Å². The van der Waals surface area contributed by atoms with Gasteiger partial charge in [0.05, 0.1) is 6.42 Å². The summed E-state index contributed by atoms with van der Waals surface area (Å²) in [7, 11) is 4.00.